The number of ether oxygens (including phenoxy) is 1. The van der Waals surface area contributed by atoms with Gasteiger partial charge < -0.3 is 21.1 Å². The summed E-state index contributed by atoms with van der Waals surface area (Å²) in [6.07, 6.45) is -3.15. The van der Waals surface area contributed by atoms with Gasteiger partial charge in [0.2, 0.25) is 0 Å². The van der Waals surface area contributed by atoms with E-state index in [0.29, 0.717) is 22.8 Å². The fourth-order valence-corrected chi connectivity index (χ4v) is 2.42. The molecule has 1 aromatic heterocycles. The first-order chi connectivity index (χ1) is 13.8. The van der Waals surface area contributed by atoms with Crippen molar-refractivity contribution in [3.63, 3.8) is 0 Å². The number of carbonyl (C=O) groups excluding carboxylic acids is 1. The van der Waals surface area contributed by atoms with Gasteiger partial charge in [0, 0.05) is 11.4 Å². The van der Waals surface area contributed by atoms with Crippen LogP contribution in [0.15, 0.2) is 54.9 Å². The molecule has 0 atom stereocenters. The molecule has 0 fully saturated rings. The monoisotopic (exact) mass is 403 g/mol. The van der Waals surface area contributed by atoms with Crippen molar-refractivity contribution in [3.8, 4) is 0 Å². The molecule has 0 aliphatic rings. The molecule has 0 aliphatic heterocycles. The Kier molecular flexibility index (Phi) is 5.53. The largest absolute Gasteiger partial charge is 0.465 e. The smallest absolute Gasteiger partial charge is 0.416 e. The number of nitrogens with one attached hydrogen (secondary N) is 2. The highest BCUT2D eigenvalue weighted by atomic mass is 19.4. The van der Waals surface area contributed by atoms with E-state index in [9.17, 15) is 18.0 Å². The van der Waals surface area contributed by atoms with E-state index in [1.165, 1.54) is 25.6 Å². The van der Waals surface area contributed by atoms with Crippen molar-refractivity contribution in [2.45, 2.75) is 6.18 Å². The lowest BCUT2D eigenvalue weighted by molar-refractivity contribution is -0.137. The van der Waals surface area contributed by atoms with Gasteiger partial charge in [0.05, 0.1) is 18.2 Å². The molecule has 3 aromatic rings. The molecule has 0 spiro atoms. The van der Waals surface area contributed by atoms with E-state index in [2.05, 4.69) is 25.3 Å². The molecule has 0 radical (unpaired) electrons. The summed E-state index contributed by atoms with van der Waals surface area (Å²) in [4.78, 5) is 19.6. The van der Waals surface area contributed by atoms with Crippen LogP contribution in [-0.4, -0.2) is 23.0 Å². The second kappa shape index (κ2) is 8.05. The maximum Gasteiger partial charge on any atom is 0.416 e. The molecule has 10 heteroatoms. The fraction of sp³-hybridized carbons (Fsp3) is 0.105. The summed E-state index contributed by atoms with van der Waals surface area (Å²) in [5.41, 5.74) is 6.88. The molecule has 7 nitrogen and oxygen atoms in total. The molecule has 4 N–H and O–H groups in total. The van der Waals surface area contributed by atoms with Gasteiger partial charge in [0.15, 0.2) is 11.6 Å². The zero-order valence-corrected chi connectivity index (χ0v) is 15.1. The highest BCUT2D eigenvalue weighted by Gasteiger charge is 2.29. The summed E-state index contributed by atoms with van der Waals surface area (Å²) < 4.78 is 42.6. The van der Waals surface area contributed by atoms with Crippen LogP contribution in [0.2, 0.25) is 0 Å². The molecule has 0 bridgehead atoms. The van der Waals surface area contributed by atoms with Crippen LogP contribution in [0.5, 0.6) is 0 Å². The number of aromatic nitrogens is 2. The standard InChI is InChI=1S/C19H16F3N5O2/c1-29-18(28)11-2-6-13(7-3-11)26-16-15(23)17(25-10-24-16)27-14-8-4-12(5-9-14)19(20,21)22/h2-10H,23H2,1H3,(H2,24,25,26,27). The van der Waals surface area contributed by atoms with Crippen molar-refractivity contribution < 1.29 is 22.7 Å². The average Bonchev–Trinajstić information content (AvgIpc) is 2.70. The average molecular weight is 403 g/mol. The van der Waals surface area contributed by atoms with Crippen molar-refractivity contribution in [2.75, 3.05) is 23.5 Å². The minimum Gasteiger partial charge on any atom is -0.465 e. The first-order valence-electron chi connectivity index (χ1n) is 8.28. The molecule has 3 rings (SSSR count). The van der Waals surface area contributed by atoms with Gasteiger partial charge in [-0.05, 0) is 48.5 Å². The number of hydrogen-bond donors (Lipinski definition) is 3. The van der Waals surface area contributed by atoms with Crippen molar-refractivity contribution >= 4 is 34.7 Å². The lowest BCUT2D eigenvalue weighted by Gasteiger charge is -2.13. The quantitative estimate of drug-likeness (QED) is 0.544. The van der Waals surface area contributed by atoms with Gasteiger partial charge in [-0.3, -0.25) is 0 Å². The topological polar surface area (TPSA) is 102 Å². The van der Waals surface area contributed by atoms with Gasteiger partial charge in [0.25, 0.3) is 0 Å². The van der Waals surface area contributed by atoms with Gasteiger partial charge in [0.1, 0.15) is 12.0 Å². The summed E-state index contributed by atoms with van der Waals surface area (Å²) in [6, 6.07) is 10.9. The van der Waals surface area contributed by atoms with E-state index in [1.54, 1.807) is 24.3 Å². The van der Waals surface area contributed by atoms with Gasteiger partial charge >= 0.3 is 12.1 Å². The maximum absolute atomic E-state index is 12.7. The predicted molar refractivity (Wildman–Crippen MR) is 102 cm³/mol. The third-order valence-electron chi connectivity index (χ3n) is 3.93. The molecule has 2 aromatic carbocycles. The third-order valence-corrected chi connectivity index (χ3v) is 3.93. The number of carbonyl (C=O) groups is 1. The fourth-order valence-electron chi connectivity index (χ4n) is 2.42. The summed E-state index contributed by atoms with van der Waals surface area (Å²) in [5.74, 6) is 0.0646. The lowest BCUT2D eigenvalue weighted by atomic mass is 10.2. The molecule has 1 heterocycles. The van der Waals surface area contributed by atoms with E-state index < -0.39 is 17.7 Å². The number of nitrogens with zero attached hydrogens (tertiary/aromatic N) is 2. The van der Waals surface area contributed by atoms with Crippen molar-refractivity contribution in [2.24, 2.45) is 0 Å². The second-order valence-corrected chi connectivity index (χ2v) is 5.88. The van der Waals surface area contributed by atoms with Crippen LogP contribution in [-0.2, 0) is 10.9 Å². The van der Waals surface area contributed by atoms with E-state index >= 15 is 0 Å². The molecule has 0 amide bonds. The van der Waals surface area contributed by atoms with Crippen LogP contribution in [0.4, 0.5) is 41.9 Å². The van der Waals surface area contributed by atoms with Crippen LogP contribution in [0.3, 0.4) is 0 Å². The van der Waals surface area contributed by atoms with Gasteiger partial charge in [-0.25, -0.2) is 14.8 Å². The Bertz CT molecular complexity index is 1010. The van der Waals surface area contributed by atoms with Crippen LogP contribution < -0.4 is 16.4 Å². The zero-order chi connectivity index (χ0) is 21.0. The molecule has 0 saturated carbocycles. The number of hydrogen-bond acceptors (Lipinski definition) is 7. The number of methoxy groups -OCH3 is 1. The zero-order valence-electron chi connectivity index (χ0n) is 15.1. The second-order valence-electron chi connectivity index (χ2n) is 5.88. The van der Waals surface area contributed by atoms with Crippen LogP contribution in [0.1, 0.15) is 15.9 Å². The number of esters is 1. The summed E-state index contributed by atoms with van der Waals surface area (Å²) >= 11 is 0. The molecule has 0 aliphatic carbocycles. The predicted octanol–water partition coefficient (Wildman–Crippen LogP) is 4.35. The van der Waals surface area contributed by atoms with Crippen molar-refractivity contribution in [1.82, 2.24) is 9.97 Å². The maximum atomic E-state index is 12.7. The number of nitrogen functional groups attached to an aromatic ring is 1. The van der Waals surface area contributed by atoms with Crippen LogP contribution in [0.25, 0.3) is 0 Å². The number of halogens is 3. The van der Waals surface area contributed by atoms with Gasteiger partial charge in [-0.1, -0.05) is 0 Å². The van der Waals surface area contributed by atoms with Crippen molar-refractivity contribution in [3.05, 3.63) is 66.0 Å². The SMILES string of the molecule is COC(=O)c1ccc(Nc2ncnc(Nc3ccc(C(F)(F)F)cc3)c2N)cc1. The minimum absolute atomic E-state index is 0.171. The molecule has 0 saturated heterocycles. The number of nitrogens with two attached hydrogens (primary N) is 1. The molecule has 29 heavy (non-hydrogen) atoms. The van der Waals surface area contributed by atoms with Crippen LogP contribution in [0, 0.1) is 0 Å². The lowest BCUT2D eigenvalue weighted by Crippen LogP contribution is -2.07. The van der Waals surface area contributed by atoms with Crippen LogP contribution >= 0.6 is 0 Å². The van der Waals surface area contributed by atoms with Gasteiger partial charge in [-0.2, -0.15) is 13.2 Å². The van der Waals surface area contributed by atoms with Gasteiger partial charge in [-0.15, -0.1) is 0 Å². The number of rotatable bonds is 5. The Balaban J connectivity index is 1.76. The highest BCUT2D eigenvalue weighted by Crippen LogP contribution is 2.32. The Hall–Kier alpha value is -3.82. The van der Waals surface area contributed by atoms with E-state index in [1.807, 2.05) is 0 Å². The Morgan fingerprint density at radius 2 is 1.41 bits per heavy atom. The van der Waals surface area contributed by atoms with Crippen molar-refractivity contribution in [1.29, 1.82) is 0 Å². The highest BCUT2D eigenvalue weighted by molar-refractivity contribution is 5.90. The minimum atomic E-state index is -4.41. The third kappa shape index (κ3) is 4.72. The van der Waals surface area contributed by atoms with E-state index in [-0.39, 0.29) is 11.5 Å². The molecular weight excluding hydrogens is 387 g/mol. The number of anilines is 5. The molecular formula is C19H16F3N5O2. The Morgan fingerprint density at radius 1 is 0.931 bits per heavy atom. The Labute approximate surface area is 163 Å². The summed E-state index contributed by atoms with van der Waals surface area (Å²) in [6.45, 7) is 0. The van der Waals surface area contributed by atoms with E-state index in [0.717, 1.165) is 12.1 Å². The first-order valence-corrected chi connectivity index (χ1v) is 8.28. The summed E-state index contributed by atoms with van der Waals surface area (Å²) in [5, 5.41) is 5.86. The molecule has 150 valence electrons. The Morgan fingerprint density at radius 3 is 1.86 bits per heavy atom. The first kappa shape index (κ1) is 19.9. The number of alkyl halides is 3. The van der Waals surface area contributed by atoms with E-state index in [4.69, 9.17) is 5.73 Å². The molecule has 0 unspecified atom stereocenters. The normalized spacial score (nSPS) is 11.0. The number of benzene rings is 2. The summed E-state index contributed by atoms with van der Waals surface area (Å²) in [7, 11) is 1.29.